The Bertz CT molecular complexity index is 600. The molecule has 2 amide bonds. The second-order valence-corrected chi connectivity index (χ2v) is 6.39. The van der Waals surface area contributed by atoms with Crippen LogP contribution in [0.25, 0.3) is 0 Å². The first-order valence-corrected chi connectivity index (χ1v) is 7.22. The molecule has 0 saturated heterocycles. The molecule has 0 spiro atoms. The second-order valence-electron chi connectivity index (χ2n) is 4.85. The lowest BCUT2D eigenvalue weighted by Crippen LogP contribution is -2.44. The van der Waals surface area contributed by atoms with Crippen molar-refractivity contribution in [3.63, 3.8) is 0 Å². The number of nitrogens with two attached hydrogens (primary N) is 1. The first-order chi connectivity index (χ1) is 9.54. The summed E-state index contributed by atoms with van der Waals surface area (Å²) in [5.41, 5.74) is 0.770. The van der Waals surface area contributed by atoms with Crippen molar-refractivity contribution in [3.05, 3.63) is 12.2 Å². The van der Waals surface area contributed by atoms with Crippen LogP contribution in [0.2, 0.25) is 0 Å². The van der Waals surface area contributed by atoms with Crippen LogP contribution in [0.5, 0.6) is 0 Å². The van der Waals surface area contributed by atoms with Crippen LogP contribution in [0.15, 0.2) is 12.2 Å². The molecule has 1 saturated carbocycles. The molecule has 2 aliphatic carbocycles. The maximum Gasteiger partial charge on any atom is 0.525 e. The third-order valence-electron chi connectivity index (χ3n) is 3.63. The number of primary amides is 1. The number of carbonyl (C=O) groups is 2. The maximum atomic E-state index is 12.1. The molecule has 7 nitrogen and oxygen atoms in total. The molecule has 0 heterocycles. The molecule has 4 unspecified atom stereocenters. The van der Waals surface area contributed by atoms with Crippen LogP contribution in [0.1, 0.15) is 6.42 Å². The molecular formula is C10H11F3N2O5S. The van der Waals surface area contributed by atoms with E-state index in [1.54, 1.807) is 12.2 Å². The number of carbonyl (C=O) groups excluding carboxylic acids is 2. The van der Waals surface area contributed by atoms with Gasteiger partial charge in [-0.15, -0.1) is 4.28 Å². The van der Waals surface area contributed by atoms with Crippen molar-refractivity contribution < 1.29 is 35.5 Å². The minimum absolute atomic E-state index is 0.275. The summed E-state index contributed by atoms with van der Waals surface area (Å²) in [6, 6.07) is 0. The van der Waals surface area contributed by atoms with Crippen molar-refractivity contribution in [2.75, 3.05) is 0 Å². The zero-order chi connectivity index (χ0) is 16.0. The average molecular weight is 328 g/mol. The quantitative estimate of drug-likeness (QED) is 0.421. The van der Waals surface area contributed by atoms with Crippen LogP contribution >= 0.6 is 0 Å². The third-order valence-corrected chi connectivity index (χ3v) is 4.50. The summed E-state index contributed by atoms with van der Waals surface area (Å²) in [4.78, 5) is 23.2. The minimum Gasteiger partial charge on any atom is -0.369 e. The summed E-state index contributed by atoms with van der Waals surface area (Å²) in [6.45, 7) is 0. The van der Waals surface area contributed by atoms with E-state index in [0.717, 1.165) is 0 Å². The number of hydrogen-bond acceptors (Lipinski definition) is 5. The minimum atomic E-state index is -5.94. The molecule has 4 atom stereocenters. The molecule has 3 N–H and O–H groups in total. The number of amides is 2. The highest BCUT2D eigenvalue weighted by atomic mass is 32.2. The maximum absolute atomic E-state index is 12.1. The first kappa shape index (κ1) is 15.8. The highest BCUT2D eigenvalue weighted by molar-refractivity contribution is 7.87. The van der Waals surface area contributed by atoms with E-state index in [2.05, 4.69) is 4.28 Å². The third kappa shape index (κ3) is 2.75. The molecule has 11 heteroatoms. The van der Waals surface area contributed by atoms with Crippen LogP contribution in [-0.4, -0.2) is 25.7 Å². The molecule has 0 aliphatic heterocycles. The smallest absolute Gasteiger partial charge is 0.369 e. The molecule has 0 radical (unpaired) electrons. The molecule has 0 aromatic carbocycles. The van der Waals surface area contributed by atoms with Gasteiger partial charge in [0.05, 0.1) is 11.8 Å². The van der Waals surface area contributed by atoms with E-state index in [0.29, 0.717) is 6.42 Å². The summed E-state index contributed by atoms with van der Waals surface area (Å²) in [5, 5.41) is 0. The lowest BCUT2D eigenvalue weighted by atomic mass is 9.82. The predicted molar refractivity (Wildman–Crippen MR) is 61.1 cm³/mol. The molecule has 2 rings (SSSR count). The van der Waals surface area contributed by atoms with Crippen molar-refractivity contribution in [2.24, 2.45) is 29.4 Å². The van der Waals surface area contributed by atoms with Gasteiger partial charge in [0.1, 0.15) is 0 Å². The van der Waals surface area contributed by atoms with Gasteiger partial charge in [-0.05, 0) is 18.3 Å². The molecular weight excluding hydrogens is 317 g/mol. The molecule has 21 heavy (non-hydrogen) atoms. The monoisotopic (exact) mass is 328 g/mol. The number of fused-ring (bicyclic) bond motifs is 2. The number of rotatable bonds is 4. The predicted octanol–water partition coefficient (Wildman–Crippen LogP) is -0.193. The number of nitrogens with one attached hydrogen (secondary N) is 1. The van der Waals surface area contributed by atoms with Gasteiger partial charge < -0.3 is 5.73 Å². The van der Waals surface area contributed by atoms with Crippen molar-refractivity contribution in [3.8, 4) is 0 Å². The Balaban J connectivity index is 2.08. The van der Waals surface area contributed by atoms with Crippen molar-refractivity contribution in [1.82, 2.24) is 5.48 Å². The highest BCUT2D eigenvalue weighted by Crippen LogP contribution is 2.47. The number of hydroxylamine groups is 1. The van der Waals surface area contributed by atoms with Gasteiger partial charge in [0.15, 0.2) is 0 Å². The van der Waals surface area contributed by atoms with Crippen LogP contribution in [-0.2, 0) is 24.0 Å². The van der Waals surface area contributed by atoms with Crippen molar-refractivity contribution in [2.45, 2.75) is 11.9 Å². The fourth-order valence-corrected chi connectivity index (χ4v) is 3.07. The zero-order valence-electron chi connectivity index (χ0n) is 10.3. The first-order valence-electron chi connectivity index (χ1n) is 5.82. The van der Waals surface area contributed by atoms with Gasteiger partial charge in [0, 0.05) is 0 Å². The largest absolute Gasteiger partial charge is 0.525 e. The van der Waals surface area contributed by atoms with Crippen LogP contribution in [0.4, 0.5) is 13.2 Å². The van der Waals surface area contributed by atoms with E-state index in [9.17, 15) is 31.2 Å². The van der Waals surface area contributed by atoms with Crippen molar-refractivity contribution in [1.29, 1.82) is 0 Å². The second kappa shape index (κ2) is 4.98. The summed E-state index contributed by atoms with van der Waals surface area (Å²) < 4.78 is 61.0. The Morgan fingerprint density at radius 3 is 2.19 bits per heavy atom. The number of allylic oxidation sites excluding steroid dienone is 2. The van der Waals surface area contributed by atoms with E-state index < -0.39 is 39.3 Å². The Morgan fingerprint density at radius 1 is 1.19 bits per heavy atom. The lowest BCUT2D eigenvalue weighted by molar-refractivity contribution is -0.139. The van der Waals surface area contributed by atoms with Gasteiger partial charge in [0.2, 0.25) is 11.8 Å². The van der Waals surface area contributed by atoms with Crippen LogP contribution in [0.3, 0.4) is 0 Å². The standard InChI is InChI=1S/C10H11F3N2O5S/c11-10(12,13)21(18,19)20-15-9(17)7-5-2-1-4(3-5)6(7)8(14)16/h1-2,4-7H,3H2,(H2,14,16)(H,15,17). The topological polar surface area (TPSA) is 116 Å². The summed E-state index contributed by atoms with van der Waals surface area (Å²) in [6.07, 6.45) is 3.81. The van der Waals surface area contributed by atoms with Gasteiger partial charge in [0.25, 0.3) is 0 Å². The molecule has 2 aliphatic rings. The Hall–Kier alpha value is -1.62. The van der Waals surface area contributed by atoms with Crippen molar-refractivity contribution >= 4 is 21.9 Å². The van der Waals surface area contributed by atoms with E-state index in [-0.39, 0.29) is 11.8 Å². The number of halogens is 3. The fraction of sp³-hybridized carbons (Fsp3) is 0.600. The fourth-order valence-electron chi connectivity index (χ4n) is 2.78. The Morgan fingerprint density at radius 2 is 1.71 bits per heavy atom. The van der Waals surface area contributed by atoms with E-state index in [4.69, 9.17) is 5.73 Å². The average Bonchev–Trinajstić information content (AvgIpc) is 2.94. The van der Waals surface area contributed by atoms with E-state index in [1.165, 1.54) is 5.48 Å². The molecule has 2 bridgehead atoms. The van der Waals surface area contributed by atoms with Crippen LogP contribution < -0.4 is 11.2 Å². The molecule has 0 aromatic heterocycles. The van der Waals surface area contributed by atoms with Gasteiger partial charge in [-0.1, -0.05) is 12.2 Å². The Kier molecular flexibility index (Phi) is 3.74. The SMILES string of the molecule is NC(=O)C1C2C=CC(C2)C1C(=O)NOS(=O)(=O)C(F)(F)F. The molecule has 0 aromatic rings. The van der Waals surface area contributed by atoms with E-state index in [1.807, 2.05) is 0 Å². The molecule has 118 valence electrons. The van der Waals surface area contributed by atoms with Gasteiger partial charge in [-0.3, -0.25) is 9.59 Å². The lowest BCUT2D eigenvalue weighted by Gasteiger charge is -2.24. The Labute approximate surface area is 117 Å². The zero-order valence-corrected chi connectivity index (χ0v) is 11.1. The van der Waals surface area contributed by atoms with Gasteiger partial charge in [-0.25, -0.2) is 5.48 Å². The number of alkyl halides is 3. The highest BCUT2D eigenvalue weighted by Gasteiger charge is 2.52. The summed E-state index contributed by atoms with van der Waals surface area (Å²) in [7, 11) is -5.94. The van der Waals surface area contributed by atoms with Gasteiger partial charge >= 0.3 is 15.6 Å². The van der Waals surface area contributed by atoms with Gasteiger partial charge in [-0.2, -0.15) is 21.6 Å². The summed E-state index contributed by atoms with van der Waals surface area (Å²) >= 11 is 0. The van der Waals surface area contributed by atoms with E-state index >= 15 is 0 Å². The molecule has 1 fully saturated rings. The summed E-state index contributed by atoms with van der Waals surface area (Å²) in [5.74, 6) is -4.49. The van der Waals surface area contributed by atoms with Crippen LogP contribution in [0, 0.1) is 23.7 Å². The normalized spacial score (nSPS) is 31.4. The number of hydrogen-bond donors (Lipinski definition) is 2.